The second kappa shape index (κ2) is 17.1. The van der Waals surface area contributed by atoms with Gasteiger partial charge in [0.25, 0.3) is 0 Å². The average Bonchev–Trinajstić information content (AvgIpc) is 3.00. The average molecular weight is 565 g/mol. The highest BCUT2D eigenvalue weighted by Crippen LogP contribution is 2.19. The Bertz CT molecular complexity index is 1180. The molecule has 1 aromatic heterocycles. The molecule has 0 radical (unpaired) electrons. The predicted molar refractivity (Wildman–Crippen MR) is 159 cm³/mol. The van der Waals surface area contributed by atoms with Crippen LogP contribution in [0.4, 0.5) is 23.5 Å². The van der Waals surface area contributed by atoms with E-state index in [2.05, 4.69) is 47.9 Å². The van der Waals surface area contributed by atoms with E-state index in [0.717, 1.165) is 30.8 Å². The summed E-state index contributed by atoms with van der Waals surface area (Å²) in [6.45, 7) is 6.28. The SMILES string of the molecule is NCCOCCOCCNC(=O)Cc1ccc(Nc2nc(NCCc3ccccc3)nc(N3CCOCC3)n2)cc1. The van der Waals surface area contributed by atoms with E-state index in [0.29, 0.717) is 77.1 Å². The highest BCUT2D eigenvalue weighted by atomic mass is 16.5. The number of nitrogens with two attached hydrogens (primary N) is 1. The van der Waals surface area contributed by atoms with Gasteiger partial charge >= 0.3 is 0 Å². The normalized spacial score (nSPS) is 13.1. The molecule has 4 rings (SSSR count). The minimum absolute atomic E-state index is 0.0625. The summed E-state index contributed by atoms with van der Waals surface area (Å²) in [5.41, 5.74) is 8.32. The molecular weight excluding hydrogens is 524 g/mol. The Morgan fingerprint density at radius 1 is 0.854 bits per heavy atom. The summed E-state index contributed by atoms with van der Waals surface area (Å²) in [6, 6.07) is 17.9. The van der Waals surface area contributed by atoms with E-state index in [9.17, 15) is 4.79 Å². The Morgan fingerprint density at radius 2 is 1.59 bits per heavy atom. The predicted octanol–water partition coefficient (Wildman–Crippen LogP) is 1.76. The molecular formula is C29H40N8O4. The first-order valence-electron chi connectivity index (χ1n) is 14.0. The lowest BCUT2D eigenvalue weighted by Crippen LogP contribution is -2.37. The van der Waals surface area contributed by atoms with Crippen molar-refractivity contribution in [1.29, 1.82) is 0 Å². The van der Waals surface area contributed by atoms with Gasteiger partial charge in [0.15, 0.2) is 0 Å². The number of amides is 1. The Kier molecular flexibility index (Phi) is 12.5. The lowest BCUT2D eigenvalue weighted by atomic mass is 10.1. The van der Waals surface area contributed by atoms with E-state index in [1.165, 1.54) is 5.56 Å². The number of anilines is 4. The van der Waals surface area contributed by atoms with Crippen LogP contribution in [0.15, 0.2) is 54.6 Å². The van der Waals surface area contributed by atoms with E-state index < -0.39 is 0 Å². The van der Waals surface area contributed by atoms with Crippen LogP contribution in [-0.2, 0) is 31.8 Å². The number of aromatic nitrogens is 3. The topological polar surface area (TPSA) is 149 Å². The third-order valence-corrected chi connectivity index (χ3v) is 6.23. The van der Waals surface area contributed by atoms with Gasteiger partial charge in [-0.2, -0.15) is 15.0 Å². The van der Waals surface area contributed by atoms with E-state index in [4.69, 9.17) is 19.9 Å². The lowest BCUT2D eigenvalue weighted by Gasteiger charge is -2.27. The van der Waals surface area contributed by atoms with Gasteiger partial charge in [0.1, 0.15) is 0 Å². The first-order chi connectivity index (χ1) is 20.2. The van der Waals surface area contributed by atoms with Gasteiger partial charge < -0.3 is 40.8 Å². The van der Waals surface area contributed by atoms with Crippen LogP contribution in [0.25, 0.3) is 0 Å². The molecule has 0 atom stereocenters. The van der Waals surface area contributed by atoms with Gasteiger partial charge in [-0.25, -0.2) is 0 Å². The molecule has 3 aromatic rings. The minimum atomic E-state index is -0.0625. The standard InChI is InChI=1S/C29H40N8O4/c30-11-16-39-20-21-40-17-13-31-26(38)22-24-6-8-25(9-7-24)33-28-34-27(32-12-10-23-4-2-1-3-5-23)35-29(36-28)37-14-18-41-19-15-37/h1-9H,10-22,30H2,(H,31,38)(H2,32,33,34,35,36). The smallest absolute Gasteiger partial charge is 0.233 e. The number of rotatable bonds is 17. The van der Waals surface area contributed by atoms with Crippen molar-refractivity contribution in [2.24, 2.45) is 5.73 Å². The van der Waals surface area contributed by atoms with E-state index in [1.54, 1.807) is 0 Å². The molecule has 0 aliphatic carbocycles. The molecule has 220 valence electrons. The van der Waals surface area contributed by atoms with E-state index >= 15 is 0 Å². The summed E-state index contributed by atoms with van der Waals surface area (Å²) < 4.78 is 16.2. The highest BCUT2D eigenvalue weighted by molar-refractivity contribution is 5.78. The Labute approximate surface area is 241 Å². The molecule has 0 spiro atoms. The zero-order valence-corrected chi connectivity index (χ0v) is 23.4. The van der Waals surface area contributed by atoms with Crippen molar-refractivity contribution in [2.45, 2.75) is 12.8 Å². The summed E-state index contributed by atoms with van der Waals surface area (Å²) in [6.07, 6.45) is 1.14. The van der Waals surface area contributed by atoms with E-state index in [1.807, 2.05) is 42.5 Å². The summed E-state index contributed by atoms with van der Waals surface area (Å²) in [5.74, 6) is 1.50. The van der Waals surface area contributed by atoms with Crippen LogP contribution in [0.1, 0.15) is 11.1 Å². The number of carbonyl (C=O) groups is 1. The number of benzene rings is 2. The van der Waals surface area contributed by atoms with Gasteiger partial charge in [-0.05, 0) is 29.7 Å². The second-order valence-electron chi connectivity index (χ2n) is 9.41. The maximum atomic E-state index is 12.3. The van der Waals surface area contributed by atoms with Crippen molar-refractivity contribution in [3.63, 3.8) is 0 Å². The monoisotopic (exact) mass is 564 g/mol. The molecule has 0 bridgehead atoms. The number of hydrogen-bond acceptors (Lipinski definition) is 11. The molecule has 41 heavy (non-hydrogen) atoms. The highest BCUT2D eigenvalue weighted by Gasteiger charge is 2.17. The van der Waals surface area contributed by atoms with Crippen LogP contribution < -0.4 is 26.6 Å². The quantitative estimate of drug-likeness (QED) is 0.178. The van der Waals surface area contributed by atoms with Gasteiger partial charge in [0.05, 0.1) is 46.1 Å². The maximum Gasteiger partial charge on any atom is 0.233 e. The molecule has 0 unspecified atom stereocenters. The van der Waals surface area contributed by atoms with Crippen molar-refractivity contribution >= 4 is 29.4 Å². The molecule has 12 nitrogen and oxygen atoms in total. The number of carbonyl (C=O) groups excluding carboxylic acids is 1. The van der Waals surface area contributed by atoms with Crippen LogP contribution >= 0.6 is 0 Å². The third kappa shape index (κ3) is 10.9. The Morgan fingerprint density at radius 3 is 2.34 bits per heavy atom. The molecule has 2 aromatic carbocycles. The number of hydrogen-bond donors (Lipinski definition) is 4. The molecule has 1 fully saturated rings. The van der Waals surface area contributed by atoms with Crippen molar-refractivity contribution < 1.29 is 19.0 Å². The number of ether oxygens (including phenoxy) is 3. The summed E-state index contributed by atoms with van der Waals surface area (Å²) in [5, 5.41) is 9.50. The molecule has 1 aliphatic rings. The van der Waals surface area contributed by atoms with Gasteiger partial charge in [-0.3, -0.25) is 4.79 Å². The fraction of sp³-hybridized carbons (Fsp3) is 0.448. The number of nitrogens with zero attached hydrogens (tertiary/aromatic N) is 4. The maximum absolute atomic E-state index is 12.3. The summed E-state index contributed by atoms with van der Waals surface area (Å²) >= 11 is 0. The minimum Gasteiger partial charge on any atom is -0.378 e. The molecule has 1 aliphatic heterocycles. The first kappa shape index (κ1) is 30.1. The van der Waals surface area contributed by atoms with Crippen molar-refractivity contribution in [3.05, 3.63) is 65.7 Å². The molecule has 0 saturated carbocycles. The second-order valence-corrected chi connectivity index (χ2v) is 9.41. The van der Waals surface area contributed by atoms with Crippen LogP contribution in [0, 0.1) is 0 Å². The first-order valence-corrected chi connectivity index (χ1v) is 14.0. The van der Waals surface area contributed by atoms with Crippen LogP contribution in [0.5, 0.6) is 0 Å². The largest absolute Gasteiger partial charge is 0.378 e. The number of morpholine rings is 1. The van der Waals surface area contributed by atoms with Gasteiger partial charge in [-0.15, -0.1) is 0 Å². The van der Waals surface area contributed by atoms with Crippen molar-refractivity contribution in [1.82, 2.24) is 20.3 Å². The number of nitrogens with one attached hydrogen (secondary N) is 3. The summed E-state index contributed by atoms with van der Waals surface area (Å²) in [7, 11) is 0. The summed E-state index contributed by atoms with van der Waals surface area (Å²) in [4.78, 5) is 28.3. The molecule has 1 saturated heterocycles. The molecule has 5 N–H and O–H groups in total. The van der Waals surface area contributed by atoms with Crippen LogP contribution in [0.2, 0.25) is 0 Å². The molecule has 2 heterocycles. The van der Waals surface area contributed by atoms with Crippen LogP contribution in [0.3, 0.4) is 0 Å². The van der Waals surface area contributed by atoms with Crippen LogP contribution in [-0.4, -0.2) is 93.2 Å². The Balaban J connectivity index is 1.29. The zero-order valence-electron chi connectivity index (χ0n) is 23.4. The van der Waals surface area contributed by atoms with Gasteiger partial charge in [0, 0.05) is 38.4 Å². The van der Waals surface area contributed by atoms with Crippen molar-refractivity contribution in [2.75, 3.05) is 87.9 Å². The Hall–Kier alpha value is -3.84. The molecule has 12 heteroatoms. The van der Waals surface area contributed by atoms with Crippen molar-refractivity contribution in [3.8, 4) is 0 Å². The lowest BCUT2D eigenvalue weighted by molar-refractivity contribution is -0.120. The van der Waals surface area contributed by atoms with Gasteiger partial charge in [-0.1, -0.05) is 42.5 Å². The third-order valence-electron chi connectivity index (χ3n) is 6.23. The fourth-order valence-electron chi connectivity index (χ4n) is 4.12. The zero-order chi connectivity index (χ0) is 28.5. The van der Waals surface area contributed by atoms with E-state index in [-0.39, 0.29) is 12.3 Å². The van der Waals surface area contributed by atoms with Gasteiger partial charge in [0.2, 0.25) is 23.8 Å². The molecule has 1 amide bonds. The fourth-order valence-corrected chi connectivity index (χ4v) is 4.12.